The Morgan fingerprint density at radius 1 is 1.16 bits per heavy atom. The van der Waals surface area contributed by atoms with Crippen LogP contribution in [-0.4, -0.2) is 77.4 Å². The highest BCUT2D eigenvalue weighted by Crippen LogP contribution is 2.23. The lowest BCUT2D eigenvalue weighted by Gasteiger charge is -2.35. The van der Waals surface area contributed by atoms with Crippen LogP contribution in [0.3, 0.4) is 0 Å². The van der Waals surface area contributed by atoms with Crippen molar-refractivity contribution in [2.75, 3.05) is 46.3 Å². The van der Waals surface area contributed by atoms with E-state index in [2.05, 4.69) is 62.0 Å². The van der Waals surface area contributed by atoms with E-state index >= 15 is 0 Å². The normalized spacial score (nSPS) is 21.8. The highest BCUT2D eigenvalue weighted by molar-refractivity contribution is 5.84. The first-order valence-electron chi connectivity index (χ1n) is 13.2. The van der Waals surface area contributed by atoms with E-state index in [-0.39, 0.29) is 0 Å². The summed E-state index contributed by atoms with van der Waals surface area (Å²) in [5, 5.41) is 22.0. The molecule has 1 fully saturated rings. The molecule has 0 saturated carbocycles. The molecule has 11 nitrogen and oxygen atoms in total. The van der Waals surface area contributed by atoms with Gasteiger partial charge in [0, 0.05) is 62.7 Å². The van der Waals surface area contributed by atoms with Gasteiger partial charge in [-0.25, -0.2) is 4.99 Å². The number of aromatic amines is 1. The first kappa shape index (κ1) is 26.0. The van der Waals surface area contributed by atoms with Crippen LogP contribution >= 0.6 is 0 Å². The third kappa shape index (κ3) is 6.24. The molecule has 11 heteroatoms. The van der Waals surface area contributed by atoms with E-state index in [4.69, 9.17) is 15.2 Å². The number of aromatic nitrogens is 3. The molecule has 5 rings (SSSR count). The summed E-state index contributed by atoms with van der Waals surface area (Å²) in [5.74, 6) is 2.29. The van der Waals surface area contributed by atoms with Crippen LogP contribution in [-0.2, 0) is 12.2 Å². The Morgan fingerprint density at radius 2 is 1.95 bits per heavy atom. The van der Waals surface area contributed by atoms with Crippen LogP contribution in [0.15, 0.2) is 63.9 Å². The summed E-state index contributed by atoms with van der Waals surface area (Å²) in [6.07, 6.45) is 1.93. The average molecular weight is 519 g/mol. The van der Waals surface area contributed by atoms with Crippen LogP contribution in [0, 0.1) is 0 Å². The number of likely N-dealkylation sites (N-methyl/N-ethyl adjacent to an activating group) is 1. The summed E-state index contributed by atoms with van der Waals surface area (Å²) in [6, 6.07) is 13.8. The molecule has 0 amide bonds. The summed E-state index contributed by atoms with van der Waals surface area (Å²) in [7, 11) is 2.17. The average Bonchev–Trinajstić information content (AvgIpc) is 3.60. The fraction of sp³-hybridized carbons (Fsp3) is 0.444. The number of nitrogens with two attached hydrogens (primary N) is 1. The maximum atomic E-state index is 6.87. The molecule has 1 aromatic carbocycles. The van der Waals surface area contributed by atoms with Crippen molar-refractivity contribution >= 4 is 5.96 Å². The van der Waals surface area contributed by atoms with Crippen LogP contribution < -0.4 is 21.7 Å². The van der Waals surface area contributed by atoms with Crippen molar-refractivity contribution in [3.05, 3.63) is 71.5 Å². The van der Waals surface area contributed by atoms with Gasteiger partial charge in [0.25, 0.3) is 0 Å². The zero-order chi connectivity index (χ0) is 26.5. The van der Waals surface area contributed by atoms with Gasteiger partial charge >= 0.3 is 0 Å². The second-order valence-corrected chi connectivity index (χ2v) is 10.3. The molecule has 1 saturated heterocycles. The summed E-state index contributed by atoms with van der Waals surface area (Å²) < 4.78 is 5.54. The Hall–Kier alpha value is -3.67. The Morgan fingerprint density at radius 3 is 2.68 bits per heavy atom. The van der Waals surface area contributed by atoms with Crippen molar-refractivity contribution in [3.8, 4) is 11.3 Å². The second-order valence-electron chi connectivity index (χ2n) is 10.3. The highest BCUT2D eigenvalue weighted by Gasteiger charge is 2.34. The number of hydrogen-bond donors (Lipinski definition) is 5. The summed E-state index contributed by atoms with van der Waals surface area (Å²) >= 11 is 0. The fourth-order valence-electron chi connectivity index (χ4n) is 4.52. The standard InChI is InChI=1S/C27H38N10O/c1-19(2)22-16-24(34-33-22)27(28)17-25(29-9-10-37-13-11-36(3)12-14-37)31-26(32-27)30-18-21-15-23(35-38-21)20-7-5-4-6-8-20/h4-8,15-17,19,29H,9-14,18,28H2,1-3H3,(H,33,34)(H2,30,31,32). The molecule has 6 N–H and O–H groups in total. The topological polar surface area (TPSA) is 136 Å². The maximum absolute atomic E-state index is 6.87. The quantitative estimate of drug-likeness (QED) is 0.287. The Labute approximate surface area is 223 Å². The Kier molecular flexibility index (Phi) is 7.77. The molecule has 202 valence electrons. The predicted octanol–water partition coefficient (Wildman–Crippen LogP) is 1.73. The summed E-state index contributed by atoms with van der Waals surface area (Å²) in [6.45, 7) is 10.6. The van der Waals surface area contributed by atoms with E-state index in [0.717, 1.165) is 62.0 Å². The number of guanidine groups is 1. The molecular formula is C27H38N10O. The lowest BCUT2D eigenvalue weighted by molar-refractivity contribution is 0.155. The minimum absolute atomic E-state index is 0.303. The van der Waals surface area contributed by atoms with Crippen molar-refractivity contribution in [2.45, 2.75) is 32.0 Å². The van der Waals surface area contributed by atoms with Crippen LogP contribution in [0.4, 0.5) is 0 Å². The lowest BCUT2D eigenvalue weighted by atomic mass is 10.0. The van der Waals surface area contributed by atoms with Crippen LogP contribution in [0.25, 0.3) is 11.3 Å². The third-order valence-electron chi connectivity index (χ3n) is 6.95. The van der Waals surface area contributed by atoms with Gasteiger partial charge in [0.2, 0.25) is 0 Å². The van der Waals surface area contributed by atoms with E-state index in [0.29, 0.717) is 29.9 Å². The molecule has 2 aromatic heterocycles. The van der Waals surface area contributed by atoms with Crippen molar-refractivity contribution in [1.82, 2.24) is 41.1 Å². The van der Waals surface area contributed by atoms with Gasteiger partial charge in [-0.3, -0.25) is 10.00 Å². The molecule has 0 bridgehead atoms. The highest BCUT2D eigenvalue weighted by atomic mass is 16.5. The van der Waals surface area contributed by atoms with Gasteiger partial charge in [0.15, 0.2) is 17.4 Å². The molecular weight excluding hydrogens is 480 g/mol. The fourth-order valence-corrected chi connectivity index (χ4v) is 4.52. The van der Waals surface area contributed by atoms with E-state index in [9.17, 15) is 0 Å². The molecule has 38 heavy (non-hydrogen) atoms. The number of piperazine rings is 1. The van der Waals surface area contributed by atoms with Crippen molar-refractivity contribution in [1.29, 1.82) is 0 Å². The number of aliphatic imine (C=N–C) groups is 1. The molecule has 0 spiro atoms. The van der Waals surface area contributed by atoms with Crippen LogP contribution in [0.5, 0.6) is 0 Å². The third-order valence-corrected chi connectivity index (χ3v) is 6.95. The van der Waals surface area contributed by atoms with Gasteiger partial charge in [0.1, 0.15) is 23.8 Å². The van der Waals surface area contributed by atoms with E-state index < -0.39 is 5.66 Å². The Balaban J connectivity index is 1.30. The van der Waals surface area contributed by atoms with E-state index in [1.165, 1.54) is 0 Å². The number of nitrogens with one attached hydrogen (secondary N) is 4. The minimum Gasteiger partial charge on any atom is -0.370 e. The number of rotatable bonds is 9. The smallest absolute Gasteiger partial charge is 0.199 e. The summed E-state index contributed by atoms with van der Waals surface area (Å²) in [4.78, 5) is 9.55. The number of hydrogen-bond acceptors (Lipinski definition) is 8. The molecule has 1 unspecified atom stereocenters. The maximum Gasteiger partial charge on any atom is 0.199 e. The van der Waals surface area contributed by atoms with Gasteiger partial charge in [-0.15, -0.1) is 0 Å². The molecule has 1 atom stereocenters. The molecule has 2 aliphatic rings. The van der Waals surface area contributed by atoms with Gasteiger partial charge in [-0.1, -0.05) is 49.3 Å². The molecule has 4 heterocycles. The molecule has 0 aliphatic carbocycles. The SMILES string of the molecule is CC(C)c1cc(C2(N)C=C(NCCN3CCN(C)CC3)NC(=NCc3cc(-c4ccccc4)no3)N2)n[nH]1. The predicted molar refractivity (Wildman–Crippen MR) is 148 cm³/mol. The minimum atomic E-state index is -1.04. The largest absolute Gasteiger partial charge is 0.370 e. The van der Waals surface area contributed by atoms with E-state index in [1.807, 2.05) is 48.5 Å². The van der Waals surface area contributed by atoms with Crippen molar-refractivity contribution in [3.63, 3.8) is 0 Å². The second kappa shape index (κ2) is 11.4. The number of H-pyrrole nitrogens is 1. The van der Waals surface area contributed by atoms with Gasteiger partial charge in [-0.05, 0) is 19.0 Å². The first-order valence-corrected chi connectivity index (χ1v) is 13.2. The van der Waals surface area contributed by atoms with Crippen molar-refractivity contribution < 1.29 is 4.52 Å². The zero-order valence-electron chi connectivity index (χ0n) is 22.4. The van der Waals surface area contributed by atoms with Gasteiger partial charge < -0.3 is 31.1 Å². The molecule has 0 radical (unpaired) electrons. The lowest BCUT2D eigenvalue weighted by Crippen LogP contribution is -2.60. The van der Waals surface area contributed by atoms with Crippen molar-refractivity contribution in [2.24, 2.45) is 10.7 Å². The first-order chi connectivity index (χ1) is 18.4. The van der Waals surface area contributed by atoms with Gasteiger partial charge in [-0.2, -0.15) is 5.10 Å². The number of benzene rings is 1. The van der Waals surface area contributed by atoms with E-state index in [1.54, 1.807) is 0 Å². The molecule has 3 aromatic rings. The van der Waals surface area contributed by atoms with Gasteiger partial charge in [0.05, 0.1) is 0 Å². The summed E-state index contributed by atoms with van der Waals surface area (Å²) in [5.41, 5.74) is 9.33. The Bertz CT molecular complexity index is 1260. The van der Waals surface area contributed by atoms with Crippen LogP contribution in [0.2, 0.25) is 0 Å². The number of nitrogens with zero attached hydrogens (tertiary/aromatic N) is 5. The monoisotopic (exact) mass is 518 g/mol. The van der Waals surface area contributed by atoms with Crippen LogP contribution in [0.1, 0.15) is 36.9 Å². The zero-order valence-corrected chi connectivity index (χ0v) is 22.4. The molecule has 2 aliphatic heterocycles.